The molecule has 0 aromatic carbocycles. The lowest BCUT2D eigenvalue weighted by Crippen LogP contribution is -2.70. The summed E-state index contributed by atoms with van der Waals surface area (Å²) < 4.78 is 1.21. The van der Waals surface area contributed by atoms with Gasteiger partial charge in [0.2, 0.25) is 12.0 Å². The number of likely N-dealkylation sites (N-methyl/N-ethyl adjacent to an activating group) is 1. The number of aliphatic carboxylic acids is 1. The van der Waals surface area contributed by atoms with Crippen LogP contribution in [0.1, 0.15) is 13.8 Å². The predicted molar refractivity (Wildman–Crippen MR) is 121 cm³/mol. The number of fused-ring (bicyclic) bond motifs is 1. The Bertz CT molecular complexity index is 993. The van der Waals surface area contributed by atoms with Gasteiger partial charge >= 0.3 is 5.97 Å². The van der Waals surface area contributed by atoms with Crippen LogP contribution in [0.5, 0.6) is 0 Å². The van der Waals surface area contributed by atoms with Crippen LogP contribution in [0.15, 0.2) is 35.0 Å². The smallest absolute Gasteiger partial charge is 0.352 e. The van der Waals surface area contributed by atoms with Gasteiger partial charge < -0.3 is 25.3 Å². The predicted octanol–water partition coefficient (Wildman–Crippen LogP) is -1.64. The summed E-state index contributed by atoms with van der Waals surface area (Å²) in [4.78, 5) is 45.0. The first-order chi connectivity index (χ1) is 16.3. The van der Waals surface area contributed by atoms with Gasteiger partial charge in [0.05, 0.1) is 5.70 Å². The summed E-state index contributed by atoms with van der Waals surface area (Å²) in [7, 11) is 0. The van der Waals surface area contributed by atoms with Crippen LogP contribution in [0.3, 0.4) is 0 Å². The van der Waals surface area contributed by atoms with Crippen LogP contribution in [0.25, 0.3) is 0 Å². The zero-order chi connectivity index (χ0) is 24.8. The molecule has 1 aromatic heterocycles. The van der Waals surface area contributed by atoms with E-state index in [0.29, 0.717) is 11.3 Å². The number of carbonyl (C=O) groups is 3. The first-order valence-corrected chi connectivity index (χ1v) is 11.5. The number of carboxylic acid groups (broad SMARTS) is 1. The van der Waals surface area contributed by atoms with Gasteiger partial charge in [0.15, 0.2) is 0 Å². The molecule has 184 valence electrons. The lowest BCUT2D eigenvalue weighted by molar-refractivity contribution is -0.150. The lowest BCUT2D eigenvalue weighted by atomic mass is 10.0. The number of aromatic nitrogens is 4. The number of hydrogen-bond acceptors (Lipinski definition) is 10. The highest BCUT2D eigenvalue weighted by molar-refractivity contribution is 8.00. The zero-order valence-electron chi connectivity index (χ0n) is 18.7. The fourth-order valence-corrected chi connectivity index (χ4v) is 4.87. The summed E-state index contributed by atoms with van der Waals surface area (Å²) in [6, 6.07) is -0.848. The van der Waals surface area contributed by atoms with Gasteiger partial charge in [0, 0.05) is 24.4 Å². The molecular formula is C19H27N8O6S+. The molecule has 1 saturated heterocycles. The molecule has 15 heteroatoms. The Kier molecular flexibility index (Phi) is 8.22. The molecule has 4 N–H and O–H groups in total. The number of rotatable bonds is 12. The molecule has 2 aliphatic heterocycles. The third-order valence-corrected chi connectivity index (χ3v) is 6.65. The summed E-state index contributed by atoms with van der Waals surface area (Å²) in [6.45, 7) is 8.95. The monoisotopic (exact) mass is 495 g/mol. The van der Waals surface area contributed by atoms with E-state index < -0.39 is 35.3 Å². The molecule has 0 saturated carbocycles. The van der Waals surface area contributed by atoms with Crippen LogP contribution in [0.2, 0.25) is 0 Å². The van der Waals surface area contributed by atoms with E-state index in [1.807, 2.05) is 18.7 Å². The van der Waals surface area contributed by atoms with Crippen molar-refractivity contribution in [2.24, 2.45) is 5.16 Å². The molecule has 1 fully saturated rings. The summed E-state index contributed by atoms with van der Waals surface area (Å²) in [5.74, 6) is -1.98. The third-order valence-electron chi connectivity index (χ3n) is 5.32. The second kappa shape index (κ2) is 11.1. The number of carbonyl (C=O) groups excluding carboxylic acids is 2. The highest BCUT2D eigenvalue weighted by atomic mass is 32.2. The molecule has 34 heavy (non-hydrogen) atoms. The molecule has 0 bridgehead atoms. The number of β-lactam (4-membered cyclic amide) rings is 1. The maximum Gasteiger partial charge on any atom is 0.352 e. The summed E-state index contributed by atoms with van der Waals surface area (Å²) in [5, 5.41) is 34.1. The van der Waals surface area contributed by atoms with Crippen molar-refractivity contribution in [1.82, 2.24) is 35.3 Å². The Morgan fingerprint density at radius 1 is 1.50 bits per heavy atom. The molecule has 0 radical (unpaired) electrons. The Morgan fingerprint density at radius 3 is 2.85 bits per heavy atom. The summed E-state index contributed by atoms with van der Waals surface area (Å²) >= 11 is 1.32. The number of amides is 2. The van der Waals surface area contributed by atoms with Crippen LogP contribution in [0, 0.1) is 0 Å². The van der Waals surface area contributed by atoms with Crippen molar-refractivity contribution in [3.05, 3.63) is 29.9 Å². The molecule has 3 rings (SSSR count). The number of carboxylic acids is 1. The number of thioether (sulfide) groups is 1. The average Bonchev–Trinajstić information content (AvgIpc) is 3.33. The Labute approximate surface area is 199 Å². The van der Waals surface area contributed by atoms with E-state index in [0.717, 1.165) is 18.0 Å². The van der Waals surface area contributed by atoms with E-state index in [-0.39, 0.29) is 24.6 Å². The average molecular weight is 496 g/mol. The third kappa shape index (κ3) is 5.36. The van der Waals surface area contributed by atoms with Crippen LogP contribution >= 0.6 is 11.8 Å². The van der Waals surface area contributed by atoms with Crippen LogP contribution in [-0.2, 0) is 25.8 Å². The number of hydrogen-bond donors (Lipinski definition) is 2. The fourth-order valence-electron chi connectivity index (χ4n) is 3.54. The highest BCUT2D eigenvalue weighted by Gasteiger charge is 2.54. The molecule has 3 unspecified atom stereocenters. The number of tetrazole rings is 1. The van der Waals surface area contributed by atoms with E-state index in [2.05, 4.69) is 32.6 Å². The van der Waals surface area contributed by atoms with Crippen molar-refractivity contribution in [2.45, 2.75) is 37.9 Å². The minimum Gasteiger partial charge on any atom is -0.477 e. The van der Waals surface area contributed by atoms with Crippen molar-refractivity contribution < 1.29 is 29.4 Å². The van der Waals surface area contributed by atoms with Gasteiger partial charge in [0.1, 0.15) is 42.8 Å². The molecule has 14 nitrogen and oxygen atoms in total. The maximum absolute atomic E-state index is 12.7. The topological polar surface area (TPSA) is 178 Å². The maximum atomic E-state index is 12.7. The van der Waals surface area contributed by atoms with Crippen molar-refractivity contribution in [3.8, 4) is 0 Å². The second-order valence-electron chi connectivity index (χ2n) is 7.39. The van der Waals surface area contributed by atoms with Gasteiger partial charge in [-0.3, -0.25) is 14.5 Å². The van der Waals surface area contributed by atoms with E-state index in [9.17, 15) is 19.5 Å². The standard InChI is InChI=1S/C19H26N8O6S/c1-4-25(5-2)11(3)13(28)6-21-33-8-12-9-34-18-15(17(30)27(18)16(12)19(31)32)22-14(29)7-26-10-20-23-24-26/h6,10,13,15,18,28H,3-5,7-9H2,1-2H3,(H,22,29)(H,31,32)/p+1/b21-6+. The van der Waals surface area contributed by atoms with Crippen LogP contribution < -0.4 is 5.32 Å². The van der Waals surface area contributed by atoms with Gasteiger partial charge in [-0.05, 0) is 24.3 Å². The second-order valence-corrected chi connectivity index (χ2v) is 8.49. The molecule has 3 heterocycles. The zero-order valence-corrected chi connectivity index (χ0v) is 19.6. The van der Waals surface area contributed by atoms with Crippen molar-refractivity contribution in [1.29, 1.82) is 0 Å². The molecule has 0 aliphatic carbocycles. The lowest BCUT2D eigenvalue weighted by Gasteiger charge is -2.49. The van der Waals surface area contributed by atoms with E-state index >= 15 is 0 Å². The Balaban J connectivity index is 1.59. The SMILES string of the molecule is C=C(C([OH2+])/C=N/OCC1=C(C(=O)O)N2C(=O)C(NC(=O)Cn3cnnn3)C2SC1)N(CC)CC. The molecule has 3 atom stereocenters. The van der Waals surface area contributed by atoms with Gasteiger partial charge in [-0.1, -0.05) is 11.7 Å². The Morgan fingerprint density at radius 2 is 2.24 bits per heavy atom. The van der Waals surface area contributed by atoms with Gasteiger partial charge in [-0.15, -0.1) is 16.9 Å². The van der Waals surface area contributed by atoms with Crippen molar-refractivity contribution in [3.63, 3.8) is 0 Å². The normalized spacial score (nSPS) is 20.6. The van der Waals surface area contributed by atoms with E-state index in [1.165, 1.54) is 29.0 Å². The molecular weight excluding hydrogens is 468 g/mol. The molecule has 0 spiro atoms. The highest BCUT2D eigenvalue weighted by Crippen LogP contribution is 2.40. The minimum atomic E-state index is -1.27. The van der Waals surface area contributed by atoms with Crippen molar-refractivity contribution >= 4 is 35.8 Å². The molecule has 1 aromatic rings. The van der Waals surface area contributed by atoms with E-state index in [4.69, 9.17) is 9.94 Å². The minimum absolute atomic E-state index is 0.150. The number of nitrogens with zero attached hydrogens (tertiary/aromatic N) is 7. The summed E-state index contributed by atoms with van der Waals surface area (Å²) in [6.07, 6.45) is 1.75. The first-order valence-electron chi connectivity index (χ1n) is 10.5. The largest absolute Gasteiger partial charge is 0.477 e. The Hall–Kier alpha value is -3.46. The first kappa shape index (κ1) is 25.2. The van der Waals surface area contributed by atoms with Crippen LogP contribution in [0.4, 0.5) is 0 Å². The van der Waals surface area contributed by atoms with Crippen LogP contribution in [-0.4, -0.2) is 107 Å². The summed E-state index contributed by atoms with van der Waals surface area (Å²) in [5.41, 5.74) is 0.782. The molecule has 2 aliphatic rings. The fraction of sp³-hybridized carbons (Fsp3) is 0.526. The van der Waals surface area contributed by atoms with Crippen molar-refractivity contribution in [2.75, 3.05) is 25.4 Å². The number of nitrogens with one attached hydrogen (secondary N) is 1. The van der Waals surface area contributed by atoms with Gasteiger partial charge in [-0.2, -0.15) is 0 Å². The van der Waals surface area contributed by atoms with Gasteiger partial charge in [-0.25, -0.2) is 9.48 Å². The van der Waals surface area contributed by atoms with E-state index in [1.54, 1.807) is 0 Å². The van der Waals surface area contributed by atoms with Gasteiger partial charge in [0.25, 0.3) is 5.91 Å². The molecule has 2 amide bonds. The quantitative estimate of drug-likeness (QED) is 0.148. The number of oxime groups is 1.